The van der Waals surface area contributed by atoms with Gasteiger partial charge in [-0.3, -0.25) is 4.79 Å². The van der Waals surface area contributed by atoms with Gasteiger partial charge in [-0.1, -0.05) is 18.2 Å². The number of para-hydroxylation sites is 1. The van der Waals surface area contributed by atoms with Gasteiger partial charge in [-0.2, -0.15) is 0 Å². The molecule has 3 rings (SSSR count). The first-order chi connectivity index (χ1) is 10.2. The van der Waals surface area contributed by atoms with Crippen LogP contribution in [0.3, 0.4) is 0 Å². The predicted molar refractivity (Wildman–Crippen MR) is 88.2 cm³/mol. The van der Waals surface area contributed by atoms with E-state index in [0.29, 0.717) is 5.92 Å². The number of amides is 1. The van der Waals surface area contributed by atoms with Gasteiger partial charge in [-0.15, -0.1) is 11.3 Å². The summed E-state index contributed by atoms with van der Waals surface area (Å²) in [7, 11) is 0. The van der Waals surface area contributed by atoms with Crippen molar-refractivity contribution in [1.82, 2.24) is 5.32 Å². The molecule has 1 fully saturated rings. The van der Waals surface area contributed by atoms with Crippen molar-refractivity contribution < 1.29 is 4.79 Å². The van der Waals surface area contributed by atoms with Crippen molar-refractivity contribution in [1.29, 1.82) is 0 Å². The lowest BCUT2D eigenvalue weighted by molar-refractivity contribution is 0.0952. The minimum atomic E-state index is 0.0614. The fourth-order valence-electron chi connectivity index (χ4n) is 2.75. The fourth-order valence-corrected chi connectivity index (χ4v) is 3.54. The van der Waals surface area contributed by atoms with E-state index in [4.69, 9.17) is 0 Å². The van der Waals surface area contributed by atoms with Crippen LogP contribution >= 0.6 is 11.3 Å². The van der Waals surface area contributed by atoms with Gasteiger partial charge in [0.05, 0.1) is 4.88 Å². The molecule has 0 bridgehead atoms. The average Bonchev–Trinajstić information content (AvgIpc) is 3.15. The van der Waals surface area contributed by atoms with Crippen LogP contribution in [0, 0.1) is 12.8 Å². The van der Waals surface area contributed by atoms with Crippen molar-refractivity contribution in [2.24, 2.45) is 5.92 Å². The summed E-state index contributed by atoms with van der Waals surface area (Å²) in [6.07, 6.45) is 1.14. The molecule has 1 saturated heterocycles. The molecule has 0 saturated carbocycles. The van der Waals surface area contributed by atoms with E-state index in [1.807, 2.05) is 25.1 Å². The largest absolute Gasteiger partial charge is 0.371 e. The summed E-state index contributed by atoms with van der Waals surface area (Å²) in [5.41, 5.74) is 1.28. The average molecular weight is 300 g/mol. The predicted octanol–water partition coefficient (Wildman–Crippen LogP) is 3.31. The van der Waals surface area contributed by atoms with Crippen molar-refractivity contribution in [3.8, 4) is 0 Å². The van der Waals surface area contributed by atoms with Crippen LogP contribution in [0.15, 0.2) is 42.5 Å². The summed E-state index contributed by atoms with van der Waals surface area (Å²) < 4.78 is 0. The number of hydrogen-bond donors (Lipinski definition) is 1. The van der Waals surface area contributed by atoms with Crippen molar-refractivity contribution in [2.45, 2.75) is 13.3 Å². The SMILES string of the molecule is Cc1ccc(C(=O)NC[C@H]2CCN(c3ccccc3)C2)s1. The Kier molecular flexibility index (Phi) is 4.25. The number of anilines is 1. The molecular weight excluding hydrogens is 280 g/mol. The lowest BCUT2D eigenvalue weighted by Crippen LogP contribution is -2.30. The third kappa shape index (κ3) is 3.45. The third-order valence-electron chi connectivity index (χ3n) is 3.92. The van der Waals surface area contributed by atoms with Gasteiger partial charge in [0.15, 0.2) is 0 Å². The van der Waals surface area contributed by atoms with Crippen LogP contribution in [-0.4, -0.2) is 25.5 Å². The van der Waals surface area contributed by atoms with Crippen LogP contribution in [0.4, 0.5) is 5.69 Å². The molecule has 0 radical (unpaired) electrons. The van der Waals surface area contributed by atoms with Gasteiger partial charge in [0.25, 0.3) is 5.91 Å². The standard InChI is InChI=1S/C17H20N2OS/c1-13-7-8-16(21-13)17(20)18-11-14-9-10-19(12-14)15-5-3-2-4-6-15/h2-8,14H,9-12H2,1H3,(H,18,20)/t14-/m1/s1. The highest BCUT2D eigenvalue weighted by atomic mass is 32.1. The zero-order valence-corrected chi connectivity index (χ0v) is 13.0. The quantitative estimate of drug-likeness (QED) is 0.939. The van der Waals surface area contributed by atoms with Crippen molar-refractivity contribution in [2.75, 3.05) is 24.5 Å². The van der Waals surface area contributed by atoms with Crippen LogP contribution in [0.5, 0.6) is 0 Å². The maximum Gasteiger partial charge on any atom is 0.261 e. The second-order valence-electron chi connectivity index (χ2n) is 5.56. The minimum absolute atomic E-state index is 0.0614. The number of carbonyl (C=O) groups is 1. The van der Waals surface area contributed by atoms with Gasteiger partial charge in [-0.25, -0.2) is 0 Å². The molecule has 0 unspecified atom stereocenters. The van der Waals surface area contributed by atoms with Gasteiger partial charge >= 0.3 is 0 Å². The second kappa shape index (κ2) is 6.31. The van der Waals surface area contributed by atoms with Gasteiger partial charge in [0.1, 0.15) is 0 Å². The number of aryl methyl sites for hydroxylation is 1. The fraction of sp³-hybridized carbons (Fsp3) is 0.353. The molecule has 4 heteroatoms. The number of carbonyl (C=O) groups excluding carboxylic acids is 1. The van der Waals surface area contributed by atoms with E-state index in [1.165, 1.54) is 10.6 Å². The number of rotatable bonds is 4. The van der Waals surface area contributed by atoms with Crippen LogP contribution in [-0.2, 0) is 0 Å². The van der Waals surface area contributed by atoms with Gasteiger partial charge in [0, 0.05) is 30.2 Å². The first-order valence-electron chi connectivity index (χ1n) is 7.37. The van der Waals surface area contributed by atoms with Crippen LogP contribution in [0.1, 0.15) is 21.0 Å². The summed E-state index contributed by atoms with van der Waals surface area (Å²) in [5, 5.41) is 3.07. The lowest BCUT2D eigenvalue weighted by atomic mass is 10.1. The number of nitrogens with one attached hydrogen (secondary N) is 1. The molecule has 1 aromatic carbocycles. The summed E-state index contributed by atoms with van der Waals surface area (Å²) in [6, 6.07) is 14.4. The van der Waals surface area contributed by atoms with E-state index in [1.54, 1.807) is 11.3 Å². The molecule has 1 amide bonds. The van der Waals surface area contributed by atoms with Gasteiger partial charge in [0.2, 0.25) is 0 Å². The Bertz CT molecular complexity index is 608. The first kappa shape index (κ1) is 14.1. The smallest absolute Gasteiger partial charge is 0.261 e. The number of hydrogen-bond acceptors (Lipinski definition) is 3. The normalized spacial score (nSPS) is 18.0. The van der Waals surface area contributed by atoms with E-state index >= 15 is 0 Å². The monoisotopic (exact) mass is 300 g/mol. The Labute approximate surface area is 129 Å². The Morgan fingerprint density at radius 3 is 2.81 bits per heavy atom. The molecule has 1 aromatic heterocycles. The molecule has 2 aromatic rings. The highest BCUT2D eigenvalue weighted by Crippen LogP contribution is 2.23. The molecule has 0 aliphatic carbocycles. The summed E-state index contributed by atoms with van der Waals surface area (Å²) in [6.45, 7) is 4.88. The zero-order valence-electron chi connectivity index (χ0n) is 12.2. The Morgan fingerprint density at radius 2 is 2.10 bits per heavy atom. The maximum atomic E-state index is 12.1. The topological polar surface area (TPSA) is 32.3 Å². The van der Waals surface area contributed by atoms with Gasteiger partial charge < -0.3 is 10.2 Å². The summed E-state index contributed by atoms with van der Waals surface area (Å²) in [5.74, 6) is 0.599. The zero-order chi connectivity index (χ0) is 14.7. The first-order valence-corrected chi connectivity index (χ1v) is 8.18. The van der Waals surface area contributed by atoms with Crippen molar-refractivity contribution in [3.05, 3.63) is 52.2 Å². The Hall–Kier alpha value is -1.81. The van der Waals surface area contributed by atoms with E-state index in [-0.39, 0.29) is 5.91 Å². The van der Waals surface area contributed by atoms with E-state index in [2.05, 4.69) is 34.5 Å². The van der Waals surface area contributed by atoms with Crippen LogP contribution < -0.4 is 10.2 Å². The third-order valence-corrected chi connectivity index (χ3v) is 4.92. The molecular formula is C17H20N2OS. The highest BCUT2D eigenvalue weighted by Gasteiger charge is 2.23. The van der Waals surface area contributed by atoms with Crippen LogP contribution in [0.2, 0.25) is 0 Å². The summed E-state index contributed by atoms with van der Waals surface area (Å²) >= 11 is 1.55. The summed E-state index contributed by atoms with van der Waals surface area (Å²) in [4.78, 5) is 16.4. The van der Waals surface area contributed by atoms with Crippen molar-refractivity contribution in [3.63, 3.8) is 0 Å². The minimum Gasteiger partial charge on any atom is -0.371 e. The van der Waals surface area contributed by atoms with E-state index in [0.717, 1.165) is 30.9 Å². The number of benzene rings is 1. The molecule has 1 aliphatic rings. The molecule has 1 aliphatic heterocycles. The van der Waals surface area contributed by atoms with E-state index in [9.17, 15) is 4.79 Å². The number of nitrogens with zero attached hydrogens (tertiary/aromatic N) is 1. The molecule has 1 atom stereocenters. The molecule has 2 heterocycles. The second-order valence-corrected chi connectivity index (χ2v) is 6.84. The van der Waals surface area contributed by atoms with Crippen molar-refractivity contribution >= 4 is 22.9 Å². The molecule has 0 spiro atoms. The lowest BCUT2D eigenvalue weighted by Gasteiger charge is -2.18. The maximum absolute atomic E-state index is 12.1. The highest BCUT2D eigenvalue weighted by molar-refractivity contribution is 7.13. The Balaban J connectivity index is 1.50. The van der Waals surface area contributed by atoms with E-state index < -0.39 is 0 Å². The van der Waals surface area contributed by atoms with Crippen LogP contribution in [0.25, 0.3) is 0 Å². The molecule has 1 N–H and O–H groups in total. The Morgan fingerprint density at radius 1 is 1.29 bits per heavy atom. The van der Waals surface area contributed by atoms with Gasteiger partial charge in [-0.05, 0) is 43.5 Å². The molecule has 21 heavy (non-hydrogen) atoms. The molecule has 3 nitrogen and oxygen atoms in total. The number of thiophene rings is 1. The molecule has 110 valence electrons.